The average Bonchev–Trinajstić information content (AvgIpc) is 2.60. The third-order valence-corrected chi connectivity index (χ3v) is 4.57. The van der Waals surface area contributed by atoms with Crippen LogP contribution in [0.3, 0.4) is 0 Å². The van der Waals surface area contributed by atoms with Crippen LogP contribution >= 0.6 is 0 Å². The van der Waals surface area contributed by atoms with Crippen LogP contribution in [0.1, 0.15) is 20.8 Å². The SMILES string of the molecule is CO[C@H]1[C@@H](O)[C@@H](O)[C@@H](Oc2ccc3cc(NC(C)=O)c(=O)oc3c2)OC1(C)C. The summed E-state index contributed by atoms with van der Waals surface area (Å²) in [5, 5.41) is 23.6. The van der Waals surface area contributed by atoms with Crippen molar-refractivity contribution < 1.29 is 33.6 Å². The number of ether oxygens (including phenoxy) is 3. The minimum absolute atomic E-state index is 0.0372. The average molecular weight is 393 g/mol. The predicted octanol–water partition coefficient (Wildman–Crippen LogP) is 1.00. The van der Waals surface area contributed by atoms with Gasteiger partial charge in [-0.2, -0.15) is 0 Å². The summed E-state index contributed by atoms with van der Waals surface area (Å²) >= 11 is 0. The van der Waals surface area contributed by atoms with Crippen molar-refractivity contribution >= 4 is 22.6 Å². The summed E-state index contributed by atoms with van der Waals surface area (Å²) < 4.78 is 21.9. The number of carbonyl (C=O) groups is 1. The van der Waals surface area contributed by atoms with E-state index in [-0.39, 0.29) is 22.9 Å². The van der Waals surface area contributed by atoms with Crippen molar-refractivity contribution in [3.05, 3.63) is 34.7 Å². The van der Waals surface area contributed by atoms with Crippen molar-refractivity contribution in [2.75, 3.05) is 12.4 Å². The second-order valence-electron chi connectivity index (χ2n) is 7.17. The molecule has 0 spiro atoms. The lowest BCUT2D eigenvalue weighted by atomic mass is 9.89. The molecule has 2 heterocycles. The van der Waals surface area contributed by atoms with Crippen LogP contribution in [0.2, 0.25) is 0 Å². The maximum Gasteiger partial charge on any atom is 0.360 e. The molecule has 3 rings (SSSR count). The van der Waals surface area contributed by atoms with Crippen LogP contribution < -0.4 is 15.7 Å². The van der Waals surface area contributed by atoms with Gasteiger partial charge < -0.3 is 34.2 Å². The topological polar surface area (TPSA) is 127 Å². The molecule has 1 aromatic carbocycles. The second-order valence-corrected chi connectivity index (χ2v) is 7.17. The molecule has 1 aliphatic rings. The number of amides is 1. The highest BCUT2D eigenvalue weighted by Crippen LogP contribution is 2.33. The van der Waals surface area contributed by atoms with Crippen molar-refractivity contribution in [3.8, 4) is 5.75 Å². The second kappa shape index (κ2) is 7.51. The fraction of sp³-hybridized carbons (Fsp3) is 0.474. The lowest BCUT2D eigenvalue weighted by molar-refractivity contribution is -0.305. The molecule has 1 aliphatic heterocycles. The lowest BCUT2D eigenvalue weighted by Crippen LogP contribution is -2.63. The summed E-state index contributed by atoms with van der Waals surface area (Å²) in [6, 6.07) is 6.19. The molecule has 9 heteroatoms. The van der Waals surface area contributed by atoms with Crippen molar-refractivity contribution in [2.45, 2.75) is 51.0 Å². The van der Waals surface area contributed by atoms with Gasteiger partial charge in [0.25, 0.3) is 0 Å². The Balaban J connectivity index is 1.86. The molecule has 4 atom stereocenters. The van der Waals surface area contributed by atoms with Gasteiger partial charge in [-0.05, 0) is 32.0 Å². The van der Waals surface area contributed by atoms with Gasteiger partial charge in [-0.25, -0.2) is 4.79 Å². The van der Waals surface area contributed by atoms with Crippen molar-refractivity contribution in [3.63, 3.8) is 0 Å². The van der Waals surface area contributed by atoms with E-state index >= 15 is 0 Å². The van der Waals surface area contributed by atoms with Crippen LogP contribution in [0.15, 0.2) is 33.5 Å². The molecule has 152 valence electrons. The molecule has 2 aromatic rings. The summed E-state index contributed by atoms with van der Waals surface area (Å²) in [6.45, 7) is 4.73. The van der Waals surface area contributed by atoms with Crippen LogP contribution in [0, 0.1) is 0 Å². The number of aliphatic hydroxyl groups is 2. The number of hydrogen-bond acceptors (Lipinski definition) is 8. The normalized spacial score (nSPS) is 26.8. The predicted molar refractivity (Wildman–Crippen MR) is 99.2 cm³/mol. The Morgan fingerprint density at radius 1 is 1.21 bits per heavy atom. The van der Waals surface area contributed by atoms with E-state index in [1.165, 1.54) is 26.2 Å². The summed E-state index contributed by atoms with van der Waals surface area (Å²) in [5.74, 6) is -0.114. The first-order chi connectivity index (χ1) is 13.1. The van der Waals surface area contributed by atoms with Gasteiger partial charge in [0.2, 0.25) is 12.2 Å². The number of benzene rings is 1. The van der Waals surface area contributed by atoms with Gasteiger partial charge in [0, 0.05) is 25.5 Å². The molecule has 28 heavy (non-hydrogen) atoms. The zero-order valence-corrected chi connectivity index (χ0v) is 16.0. The zero-order chi connectivity index (χ0) is 20.6. The number of fused-ring (bicyclic) bond motifs is 1. The monoisotopic (exact) mass is 393 g/mol. The first-order valence-corrected chi connectivity index (χ1v) is 8.71. The molecule has 1 amide bonds. The van der Waals surface area contributed by atoms with Crippen LogP contribution in [0.5, 0.6) is 5.75 Å². The lowest BCUT2D eigenvalue weighted by Gasteiger charge is -2.46. The summed E-state index contributed by atoms with van der Waals surface area (Å²) in [4.78, 5) is 23.1. The zero-order valence-electron chi connectivity index (χ0n) is 16.0. The summed E-state index contributed by atoms with van der Waals surface area (Å²) in [7, 11) is 1.42. The molecular weight excluding hydrogens is 370 g/mol. The maximum absolute atomic E-state index is 12.0. The van der Waals surface area contributed by atoms with Crippen LogP contribution in [0.4, 0.5) is 5.69 Å². The molecular formula is C19H23NO8. The van der Waals surface area contributed by atoms with Crippen LogP contribution in [0.25, 0.3) is 11.0 Å². The molecule has 1 saturated heterocycles. The number of aliphatic hydroxyl groups excluding tert-OH is 2. The Labute approximate surface area is 160 Å². The van der Waals surface area contributed by atoms with Gasteiger partial charge in [-0.15, -0.1) is 0 Å². The van der Waals surface area contributed by atoms with E-state index in [0.29, 0.717) is 5.39 Å². The summed E-state index contributed by atoms with van der Waals surface area (Å²) in [5.41, 5.74) is -1.34. The number of carbonyl (C=O) groups excluding carboxylic acids is 1. The van der Waals surface area contributed by atoms with Crippen molar-refractivity contribution in [1.82, 2.24) is 0 Å². The molecule has 0 radical (unpaired) electrons. The molecule has 1 aromatic heterocycles. The number of hydrogen-bond donors (Lipinski definition) is 3. The van der Waals surface area contributed by atoms with Gasteiger partial charge in [-0.1, -0.05) is 0 Å². The third-order valence-electron chi connectivity index (χ3n) is 4.57. The van der Waals surface area contributed by atoms with E-state index in [4.69, 9.17) is 18.6 Å². The van der Waals surface area contributed by atoms with Gasteiger partial charge >= 0.3 is 5.63 Å². The first kappa shape index (κ1) is 20.3. The number of anilines is 1. The van der Waals surface area contributed by atoms with Gasteiger partial charge in [0.15, 0.2) is 0 Å². The molecule has 0 aliphatic carbocycles. The molecule has 9 nitrogen and oxygen atoms in total. The Hall–Kier alpha value is -2.46. The number of methoxy groups -OCH3 is 1. The molecule has 0 bridgehead atoms. The van der Waals surface area contributed by atoms with Gasteiger partial charge in [-0.3, -0.25) is 4.79 Å². The van der Waals surface area contributed by atoms with E-state index in [0.717, 1.165) is 0 Å². The highest BCUT2D eigenvalue weighted by atomic mass is 16.7. The highest BCUT2D eigenvalue weighted by Gasteiger charge is 2.50. The molecule has 1 fully saturated rings. The van der Waals surface area contributed by atoms with Crippen molar-refractivity contribution in [2.24, 2.45) is 0 Å². The molecule has 3 N–H and O–H groups in total. The maximum atomic E-state index is 12.0. The Morgan fingerprint density at radius 2 is 1.93 bits per heavy atom. The Morgan fingerprint density at radius 3 is 2.57 bits per heavy atom. The standard InChI is InChI=1S/C19H23NO8/c1-9(21)20-12-7-10-5-6-11(8-13(10)27-17(12)24)26-18-15(23)14(22)16(25-4)19(2,3)28-18/h5-8,14-16,18,22-23H,1-4H3,(H,20,21)/t14-,15+,16-,18-/m0/s1. The van der Waals surface area contributed by atoms with Crippen LogP contribution in [-0.2, 0) is 14.3 Å². The van der Waals surface area contributed by atoms with E-state index < -0.39 is 35.8 Å². The number of nitrogens with one attached hydrogen (secondary N) is 1. The van der Waals surface area contributed by atoms with E-state index in [1.54, 1.807) is 26.0 Å². The van der Waals surface area contributed by atoms with E-state index in [2.05, 4.69) is 5.32 Å². The highest BCUT2D eigenvalue weighted by molar-refractivity contribution is 5.91. The fourth-order valence-corrected chi connectivity index (χ4v) is 3.28. The quantitative estimate of drug-likeness (QED) is 0.657. The minimum Gasteiger partial charge on any atom is -0.462 e. The third kappa shape index (κ3) is 3.88. The first-order valence-electron chi connectivity index (χ1n) is 8.71. The fourth-order valence-electron chi connectivity index (χ4n) is 3.28. The molecule has 0 unspecified atom stereocenters. The summed E-state index contributed by atoms with van der Waals surface area (Å²) in [6.07, 6.45) is -4.44. The minimum atomic E-state index is -1.34. The van der Waals surface area contributed by atoms with E-state index in [9.17, 15) is 19.8 Å². The Kier molecular flexibility index (Phi) is 5.44. The Bertz CT molecular complexity index is 937. The van der Waals surface area contributed by atoms with Gasteiger partial charge in [0.05, 0.1) is 5.60 Å². The molecule has 0 saturated carbocycles. The smallest absolute Gasteiger partial charge is 0.360 e. The van der Waals surface area contributed by atoms with E-state index in [1.807, 2.05) is 0 Å². The van der Waals surface area contributed by atoms with Crippen molar-refractivity contribution in [1.29, 1.82) is 0 Å². The largest absolute Gasteiger partial charge is 0.462 e. The van der Waals surface area contributed by atoms with Crippen LogP contribution in [-0.4, -0.2) is 53.4 Å². The van der Waals surface area contributed by atoms with Gasteiger partial charge in [0.1, 0.15) is 35.3 Å². The number of rotatable bonds is 4.